The van der Waals surface area contributed by atoms with Crippen LogP contribution in [0.25, 0.3) is 10.9 Å². The number of aromatic nitrogens is 1. The monoisotopic (exact) mass is 463 g/mol. The number of piperazine rings is 1. The molecule has 2 heterocycles. The lowest BCUT2D eigenvalue weighted by atomic mass is 9.99. The lowest BCUT2D eigenvalue weighted by Gasteiger charge is -2.42. The van der Waals surface area contributed by atoms with Crippen LogP contribution in [0.15, 0.2) is 42.6 Å². The molecule has 0 unspecified atom stereocenters. The van der Waals surface area contributed by atoms with Gasteiger partial charge in [-0.15, -0.1) is 0 Å². The third-order valence-electron chi connectivity index (χ3n) is 5.96. The lowest BCUT2D eigenvalue weighted by molar-refractivity contribution is 0.0245. The van der Waals surface area contributed by atoms with E-state index in [2.05, 4.69) is 9.88 Å². The number of aromatic amines is 1. The molecule has 3 aromatic rings. The number of hydrogen-bond donors (Lipinski definition) is 2. The van der Waals surface area contributed by atoms with Crippen LogP contribution in [0.5, 0.6) is 5.75 Å². The topological polar surface area (TPSA) is 68.8 Å². The summed E-state index contributed by atoms with van der Waals surface area (Å²) in [5, 5.41) is 10.7. The number of carboxylic acids is 1. The summed E-state index contributed by atoms with van der Waals surface area (Å²) in [6.45, 7) is 1.76. The summed E-state index contributed by atoms with van der Waals surface area (Å²) in [5.74, 6) is -0.339. The largest absolute Gasteiger partial charge is 0.496 e. The molecule has 0 radical (unpaired) electrons. The number of nitrogens with one attached hydrogen (secondary N) is 1. The average molecular weight is 464 g/mol. The summed E-state index contributed by atoms with van der Waals surface area (Å²) < 4.78 is 31.7. The highest BCUT2D eigenvalue weighted by atomic mass is 35.5. The van der Waals surface area contributed by atoms with Gasteiger partial charge in [0, 0.05) is 55.4 Å². The minimum absolute atomic E-state index is 0.181. The second-order valence-corrected chi connectivity index (χ2v) is 8.28. The minimum Gasteiger partial charge on any atom is -0.496 e. The van der Waals surface area contributed by atoms with E-state index in [0.29, 0.717) is 37.0 Å². The Morgan fingerprint density at radius 3 is 2.69 bits per heavy atom. The van der Waals surface area contributed by atoms with Crippen molar-refractivity contribution >= 4 is 28.5 Å². The summed E-state index contributed by atoms with van der Waals surface area (Å²) in [5.41, 5.74) is 2.85. The Bertz CT molecular complexity index is 1100. The van der Waals surface area contributed by atoms with E-state index in [-0.39, 0.29) is 18.2 Å². The van der Waals surface area contributed by atoms with Gasteiger partial charge in [0.1, 0.15) is 5.75 Å². The van der Waals surface area contributed by atoms with Crippen LogP contribution in [0.3, 0.4) is 0 Å². The van der Waals surface area contributed by atoms with E-state index in [1.165, 1.54) is 0 Å². The molecule has 9 heteroatoms. The van der Waals surface area contributed by atoms with Crippen molar-refractivity contribution < 1.29 is 23.4 Å². The van der Waals surface area contributed by atoms with E-state index in [0.717, 1.165) is 22.0 Å². The van der Waals surface area contributed by atoms with Gasteiger partial charge in [-0.2, -0.15) is 0 Å². The summed E-state index contributed by atoms with van der Waals surface area (Å²) in [7, 11) is 1.59. The molecule has 1 aromatic heterocycles. The van der Waals surface area contributed by atoms with Gasteiger partial charge in [0.2, 0.25) is 0 Å². The van der Waals surface area contributed by atoms with Gasteiger partial charge in [-0.05, 0) is 23.8 Å². The van der Waals surface area contributed by atoms with E-state index in [1.807, 2.05) is 12.3 Å². The van der Waals surface area contributed by atoms with E-state index in [1.54, 1.807) is 42.3 Å². The predicted molar refractivity (Wildman–Crippen MR) is 119 cm³/mol. The number of methoxy groups -OCH3 is 1. The van der Waals surface area contributed by atoms with Crippen molar-refractivity contribution in [2.45, 2.75) is 19.0 Å². The Morgan fingerprint density at radius 2 is 2.03 bits per heavy atom. The number of nitrogens with zero attached hydrogens (tertiary/aromatic N) is 2. The van der Waals surface area contributed by atoms with Crippen molar-refractivity contribution in [3.8, 4) is 5.75 Å². The van der Waals surface area contributed by atoms with Gasteiger partial charge >= 0.3 is 5.97 Å². The number of fused-ring (bicyclic) bond motifs is 1. The summed E-state index contributed by atoms with van der Waals surface area (Å²) in [4.78, 5) is 18.4. The van der Waals surface area contributed by atoms with Gasteiger partial charge in [0.15, 0.2) is 0 Å². The number of benzene rings is 2. The number of rotatable bonds is 7. The van der Waals surface area contributed by atoms with Gasteiger partial charge in [-0.25, -0.2) is 13.6 Å². The molecule has 1 aliphatic rings. The standard InChI is InChI=1S/C23H24ClF2N3O3/c1-32-20-10-18(24)22-16(6-7-27-22)17(20)11-29-9-8-28(13-21(25)26)12-19(29)14-2-4-15(5-3-14)23(30)31/h2-7,10,19,21,27H,8-9,11-13H2,1H3,(H,30,31)/t19-/m0/s1. The SMILES string of the molecule is COc1cc(Cl)c2[nH]ccc2c1CN1CCN(CC(F)F)C[C@H]1c1ccc(C(=O)O)cc1. The van der Waals surface area contributed by atoms with Crippen molar-refractivity contribution in [1.29, 1.82) is 0 Å². The van der Waals surface area contributed by atoms with Crippen LogP contribution in [-0.4, -0.2) is 65.6 Å². The summed E-state index contributed by atoms with van der Waals surface area (Å²) in [6, 6.07) is 10.2. The van der Waals surface area contributed by atoms with Crippen LogP contribution in [-0.2, 0) is 6.54 Å². The number of halogens is 3. The zero-order valence-corrected chi connectivity index (χ0v) is 18.3. The molecule has 1 atom stereocenters. The Hall–Kier alpha value is -2.68. The van der Waals surface area contributed by atoms with Gasteiger partial charge < -0.3 is 14.8 Å². The third kappa shape index (κ3) is 4.57. The second-order valence-electron chi connectivity index (χ2n) is 7.87. The molecule has 2 N–H and O–H groups in total. The molecule has 2 aromatic carbocycles. The molecule has 32 heavy (non-hydrogen) atoms. The first-order valence-electron chi connectivity index (χ1n) is 10.3. The highest BCUT2D eigenvalue weighted by Crippen LogP contribution is 2.37. The smallest absolute Gasteiger partial charge is 0.335 e. The molecular weight excluding hydrogens is 440 g/mol. The molecule has 6 nitrogen and oxygen atoms in total. The third-order valence-corrected chi connectivity index (χ3v) is 6.26. The Morgan fingerprint density at radius 1 is 1.28 bits per heavy atom. The van der Waals surface area contributed by atoms with Crippen LogP contribution >= 0.6 is 11.6 Å². The van der Waals surface area contributed by atoms with Gasteiger partial charge in [0.05, 0.1) is 29.8 Å². The van der Waals surface area contributed by atoms with Crippen LogP contribution in [0, 0.1) is 0 Å². The fourth-order valence-corrected chi connectivity index (χ4v) is 4.62. The van der Waals surface area contributed by atoms with Crippen molar-refractivity contribution in [3.05, 3.63) is 64.3 Å². The van der Waals surface area contributed by atoms with Crippen molar-refractivity contribution in [3.63, 3.8) is 0 Å². The number of ether oxygens (including phenoxy) is 1. The number of H-pyrrole nitrogens is 1. The first kappa shape index (κ1) is 22.5. The molecule has 4 rings (SSSR count). The Labute approximate surface area is 189 Å². The van der Waals surface area contributed by atoms with Crippen LogP contribution in [0.1, 0.15) is 27.5 Å². The normalized spacial score (nSPS) is 17.8. The lowest BCUT2D eigenvalue weighted by Crippen LogP contribution is -2.49. The number of carbonyl (C=O) groups is 1. The van der Waals surface area contributed by atoms with Crippen molar-refractivity contribution in [2.75, 3.05) is 33.3 Å². The van der Waals surface area contributed by atoms with Crippen LogP contribution < -0.4 is 4.74 Å². The molecule has 1 aliphatic heterocycles. The molecule has 0 aliphatic carbocycles. The minimum atomic E-state index is -2.41. The van der Waals surface area contributed by atoms with E-state index < -0.39 is 12.4 Å². The number of aromatic carboxylic acids is 1. The van der Waals surface area contributed by atoms with E-state index in [4.69, 9.17) is 16.3 Å². The number of carboxylic acid groups (broad SMARTS) is 1. The van der Waals surface area contributed by atoms with Crippen molar-refractivity contribution in [2.24, 2.45) is 0 Å². The average Bonchev–Trinajstić information content (AvgIpc) is 3.27. The van der Waals surface area contributed by atoms with E-state index in [9.17, 15) is 18.7 Å². The predicted octanol–water partition coefficient (Wildman–Crippen LogP) is 4.65. The van der Waals surface area contributed by atoms with Gasteiger partial charge in [-0.3, -0.25) is 9.80 Å². The van der Waals surface area contributed by atoms with Crippen molar-refractivity contribution in [1.82, 2.24) is 14.8 Å². The van der Waals surface area contributed by atoms with Crippen LogP contribution in [0.2, 0.25) is 5.02 Å². The van der Waals surface area contributed by atoms with Crippen LogP contribution in [0.4, 0.5) is 8.78 Å². The molecule has 170 valence electrons. The molecule has 0 amide bonds. The maximum atomic E-state index is 13.1. The zero-order valence-electron chi connectivity index (χ0n) is 17.5. The second kappa shape index (κ2) is 9.44. The first-order chi connectivity index (χ1) is 15.4. The molecule has 0 saturated carbocycles. The maximum absolute atomic E-state index is 13.1. The molecule has 0 bridgehead atoms. The summed E-state index contributed by atoms with van der Waals surface area (Å²) >= 11 is 6.38. The maximum Gasteiger partial charge on any atom is 0.335 e. The van der Waals surface area contributed by atoms with Gasteiger partial charge in [0.25, 0.3) is 6.43 Å². The Kier molecular flexibility index (Phi) is 6.64. The zero-order chi connectivity index (χ0) is 22.8. The molecule has 1 saturated heterocycles. The molecular formula is C23H24ClF2N3O3. The number of alkyl halides is 2. The first-order valence-corrected chi connectivity index (χ1v) is 10.7. The fourth-order valence-electron chi connectivity index (χ4n) is 4.37. The molecule has 0 spiro atoms. The number of hydrogen-bond acceptors (Lipinski definition) is 4. The van der Waals surface area contributed by atoms with E-state index >= 15 is 0 Å². The highest BCUT2D eigenvalue weighted by molar-refractivity contribution is 6.35. The van der Waals surface area contributed by atoms with Gasteiger partial charge in [-0.1, -0.05) is 23.7 Å². The quantitative estimate of drug-likeness (QED) is 0.533. The Balaban J connectivity index is 1.68. The highest BCUT2D eigenvalue weighted by Gasteiger charge is 2.31. The molecule has 1 fully saturated rings. The fraction of sp³-hybridized carbons (Fsp3) is 0.348. The summed E-state index contributed by atoms with van der Waals surface area (Å²) in [6.07, 6.45) is -0.588.